The molecule has 5 nitrogen and oxygen atoms in total. The van der Waals surface area contributed by atoms with Crippen LogP contribution in [0.1, 0.15) is 40.0 Å². The Morgan fingerprint density at radius 2 is 1.80 bits per heavy atom. The van der Waals surface area contributed by atoms with Crippen LogP contribution in [0, 0.1) is 11.8 Å². The molecule has 0 bridgehead atoms. The Hall–Kier alpha value is -1.10. The van der Waals surface area contributed by atoms with E-state index in [4.69, 9.17) is 0 Å². The van der Waals surface area contributed by atoms with Crippen molar-refractivity contribution in [1.82, 2.24) is 15.5 Å². The molecule has 1 saturated heterocycles. The third kappa shape index (κ3) is 5.49. The lowest BCUT2D eigenvalue weighted by Gasteiger charge is -2.32. The summed E-state index contributed by atoms with van der Waals surface area (Å²) in [5, 5.41) is 6.23. The number of likely N-dealkylation sites (tertiary alicyclic amines) is 1. The van der Waals surface area contributed by atoms with Gasteiger partial charge in [0.1, 0.15) is 0 Å². The van der Waals surface area contributed by atoms with Gasteiger partial charge in [-0.05, 0) is 25.8 Å². The van der Waals surface area contributed by atoms with E-state index in [1.807, 2.05) is 18.7 Å². The van der Waals surface area contributed by atoms with E-state index in [1.54, 1.807) is 0 Å². The number of carbonyl (C=O) groups excluding carboxylic acids is 2. The molecule has 2 N–H and O–H groups in total. The molecule has 0 aromatic heterocycles. The molecule has 0 radical (unpaired) electrons. The third-order valence-corrected chi connectivity index (χ3v) is 3.70. The lowest BCUT2D eigenvalue weighted by atomic mass is 9.95. The van der Waals surface area contributed by atoms with Crippen LogP contribution in [0.25, 0.3) is 0 Å². The first-order valence-electron chi connectivity index (χ1n) is 7.83. The average Bonchev–Trinajstić information content (AvgIpc) is 2.46. The number of carbonyl (C=O) groups is 2. The van der Waals surface area contributed by atoms with Crippen LogP contribution in [0.15, 0.2) is 0 Å². The number of hydrogen-bond acceptors (Lipinski definition) is 3. The first-order valence-corrected chi connectivity index (χ1v) is 7.83. The summed E-state index contributed by atoms with van der Waals surface area (Å²) in [5.41, 5.74) is 0. The van der Waals surface area contributed by atoms with Crippen molar-refractivity contribution in [2.45, 2.75) is 40.0 Å². The largest absolute Gasteiger partial charge is 0.355 e. The molecule has 1 rings (SSSR count). The maximum atomic E-state index is 12.0. The Bertz CT molecular complexity index is 310. The van der Waals surface area contributed by atoms with Crippen LogP contribution in [0.4, 0.5) is 0 Å². The highest BCUT2D eigenvalue weighted by Crippen LogP contribution is 2.18. The molecule has 2 amide bonds. The van der Waals surface area contributed by atoms with Crippen molar-refractivity contribution < 1.29 is 9.59 Å². The van der Waals surface area contributed by atoms with Crippen molar-refractivity contribution in [3.05, 3.63) is 0 Å². The smallest absolute Gasteiger partial charge is 0.225 e. The first kappa shape index (κ1) is 17.0. The lowest BCUT2D eigenvalue weighted by molar-refractivity contribution is -0.138. The number of nitrogens with one attached hydrogen (secondary N) is 2. The Balaban J connectivity index is 2.20. The fraction of sp³-hybridized carbons (Fsp3) is 0.867. The van der Waals surface area contributed by atoms with Crippen molar-refractivity contribution in [3.63, 3.8) is 0 Å². The van der Waals surface area contributed by atoms with Crippen LogP contribution in [0.2, 0.25) is 0 Å². The molecule has 1 fully saturated rings. The summed E-state index contributed by atoms with van der Waals surface area (Å²) in [6.45, 7) is 9.89. The molecule has 0 unspecified atom stereocenters. The van der Waals surface area contributed by atoms with Crippen LogP contribution in [-0.2, 0) is 9.59 Å². The summed E-state index contributed by atoms with van der Waals surface area (Å²) >= 11 is 0. The Morgan fingerprint density at radius 3 is 2.35 bits per heavy atom. The number of amides is 2. The van der Waals surface area contributed by atoms with E-state index >= 15 is 0 Å². The van der Waals surface area contributed by atoms with Gasteiger partial charge in [-0.15, -0.1) is 0 Å². The van der Waals surface area contributed by atoms with Gasteiger partial charge in [-0.3, -0.25) is 9.59 Å². The second-order valence-corrected chi connectivity index (χ2v) is 5.80. The molecule has 0 aromatic rings. The third-order valence-electron chi connectivity index (χ3n) is 3.70. The summed E-state index contributed by atoms with van der Waals surface area (Å²) in [4.78, 5) is 25.7. The van der Waals surface area contributed by atoms with Crippen molar-refractivity contribution >= 4 is 11.8 Å². The summed E-state index contributed by atoms with van der Waals surface area (Å²) in [7, 11) is 0. The van der Waals surface area contributed by atoms with E-state index in [1.165, 1.54) is 0 Å². The minimum Gasteiger partial charge on any atom is -0.355 e. The molecule has 116 valence electrons. The molecule has 0 atom stereocenters. The van der Waals surface area contributed by atoms with Crippen LogP contribution in [-0.4, -0.2) is 49.4 Å². The first-order chi connectivity index (χ1) is 9.56. The van der Waals surface area contributed by atoms with Gasteiger partial charge in [0.25, 0.3) is 0 Å². The van der Waals surface area contributed by atoms with Gasteiger partial charge >= 0.3 is 0 Å². The normalized spacial score (nSPS) is 16.5. The highest BCUT2D eigenvalue weighted by Gasteiger charge is 2.27. The van der Waals surface area contributed by atoms with Crippen molar-refractivity contribution in [3.8, 4) is 0 Å². The van der Waals surface area contributed by atoms with Gasteiger partial charge < -0.3 is 15.5 Å². The molecular weight excluding hydrogens is 254 g/mol. The van der Waals surface area contributed by atoms with Crippen LogP contribution in [0.5, 0.6) is 0 Å². The van der Waals surface area contributed by atoms with Gasteiger partial charge in [-0.2, -0.15) is 0 Å². The van der Waals surface area contributed by atoms with E-state index < -0.39 is 0 Å². The van der Waals surface area contributed by atoms with Crippen LogP contribution in [0.3, 0.4) is 0 Å². The Morgan fingerprint density at radius 1 is 1.15 bits per heavy atom. The average molecular weight is 283 g/mol. The van der Waals surface area contributed by atoms with E-state index in [-0.39, 0.29) is 23.7 Å². The lowest BCUT2D eigenvalue weighted by Crippen LogP contribution is -2.45. The summed E-state index contributed by atoms with van der Waals surface area (Å²) in [6.07, 6.45) is 2.68. The maximum Gasteiger partial charge on any atom is 0.225 e. The van der Waals surface area contributed by atoms with E-state index in [0.717, 1.165) is 32.4 Å². The minimum absolute atomic E-state index is 0.0463. The van der Waals surface area contributed by atoms with Gasteiger partial charge in [0.05, 0.1) is 0 Å². The van der Waals surface area contributed by atoms with Gasteiger partial charge in [0.2, 0.25) is 11.8 Å². The van der Waals surface area contributed by atoms with Crippen molar-refractivity contribution in [2.24, 2.45) is 11.8 Å². The number of piperidine rings is 1. The molecule has 0 aliphatic carbocycles. The second kappa shape index (κ2) is 8.95. The van der Waals surface area contributed by atoms with Gasteiger partial charge in [0.15, 0.2) is 0 Å². The summed E-state index contributed by atoms with van der Waals surface area (Å²) in [6, 6.07) is 0. The van der Waals surface area contributed by atoms with Gasteiger partial charge in [-0.25, -0.2) is 0 Å². The second-order valence-electron chi connectivity index (χ2n) is 5.80. The number of nitrogens with zero attached hydrogens (tertiary/aromatic N) is 1. The zero-order valence-corrected chi connectivity index (χ0v) is 13.1. The maximum absolute atomic E-state index is 12.0. The number of rotatable bonds is 7. The number of hydrogen-bond donors (Lipinski definition) is 2. The fourth-order valence-electron chi connectivity index (χ4n) is 2.45. The highest BCUT2D eigenvalue weighted by atomic mass is 16.2. The highest BCUT2D eigenvalue weighted by molar-refractivity contribution is 5.80. The molecular formula is C15H29N3O2. The predicted octanol–water partition coefficient (Wildman–Crippen LogP) is 0.997. The van der Waals surface area contributed by atoms with Crippen LogP contribution < -0.4 is 10.6 Å². The fourth-order valence-corrected chi connectivity index (χ4v) is 2.45. The molecule has 1 aliphatic heterocycles. The molecule has 5 heteroatoms. The van der Waals surface area contributed by atoms with Crippen LogP contribution >= 0.6 is 0 Å². The zero-order valence-electron chi connectivity index (χ0n) is 13.1. The van der Waals surface area contributed by atoms with E-state index in [9.17, 15) is 9.59 Å². The van der Waals surface area contributed by atoms with E-state index in [0.29, 0.717) is 19.6 Å². The standard InChI is InChI=1S/C15H29N3O2/c1-4-7-16-8-9-17-14(19)13-5-10-18(11-6-13)15(20)12(2)3/h12-13,16H,4-11H2,1-3H3,(H,17,19). The monoisotopic (exact) mass is 283 g/mol. The quantitative estimate of drug-likeness (QED) is 0.685. The minimum atomic E-state index is 0.0463. The molecule has 0 saturated carbocycles. The molecule has 1 aliphatic rings. The summed E-state index contributed by atoms with van der Waals surface area (Å²) in [5.74, 6) is 0.454. The summed E-state index contributed by atoms with van der Waals surface area (Å²) < 4.78 is 0. The Labute approximate surface area is 122 Å². The molecule has 20 heavy (non-hydrogen) atoms. The molecule has 1 heterocycles. The van der Waals surface area contributed by atoms with Gasteiger partial charge in [0, 0.05) is 38.0 Å². The SMILES string of the molecule is CCCNCCNC(=O)C1CCN(C(=O)C(C)C)CC1. The Kier molecular flexibility index (Phi) is 7.59. The molecule has 0 spiro atoms. The van der Waals surface area contributed by atoms with Crippen molar-refractivity contribution in [2.75, 3.05) is 32.7 Å². The van der Waals surface area contributed by atoms with Gasteiger partial charge in [-0.1, -0.05) is 20.8 Å². The predicted molar refractivity (Wildman–Crippen MR) is 80.3 cm³/mol. The van der Waals surface area contributed by atoms with E-state index in [2.05, 4.69) is 17.6 Å². The topological polar surface area (TPSA) is 61.4 Å². The van der Waals surface area contributed by atoms with Crippen molar-refractivity contribution in [1.29, 1.82) is 0 Å². The molecule has 0 aromatic carbocycles. The zero-order chi connectivity index (χ0) is 15.0.